The van der Waals surface area contributed by atoms with Gasteiger partial charge in [-0.05, 0) is 6.42 Å². The van der Waals surface area contributed by atoms with Crippen molar-refractivity contribution in [2.45, 2.75) is 19.0 Å². The summed E-state index contributed by atoms with van der Waals surface area (Å²) in [6.07, 6.45) is -1.44. The average molecular weight is 210 g/mol. The highest BCUT2D eigenvalue weighted by atomic mass is 32.2. The van der Waals surface area contributed by atoms with E-state index >= 15 is 0 Å². The molecular formula is C7H11FO4S. The Bertz CT molecular complexity index is 298. The molecule has 0 spiro atoms. The molecule has 0 aromatic carbocycles. The maximum Gasteiger partial charge on any atom is 0.303 e. The van der Waals surface area contributed by atoms with E-state index in [4.69, 9.17) is 5.11 Å². The van der Waals surface area contributed by atoms with E-state index in [0.717, 1.165) is 0 Å². The molecule has 0 aliphatic carbocycles. The minimum Gasteiger partial charge on any atom is -0.481 e. The molecule has 1 aliphatic rings. The highest BCUT2D eigenvalue weighted by Gasteiger charge is 2.37. The lowest BCUT2D eigenvalue weighted by atomic mass is 10.0. The molecule has 0 amide bonds. The number of carbonyl (C=O) groups is 1. The summed E-state index contributed by atoms with van der Waals surface area (Å²) < 4.78 is 34.8. The Hall–Kier alpha value is -0.650. The van der Waals surface area contributed by atoms with Gasteiger partial charge in [-0.2, -0.15) is 0 Å². The first-order chi connectivity index (χ1) is 5.91. The van der Waals surface area contributed by atoms with Crippen LogP contribution in [0.5, 0.6) is 0 Å². The van der Waals surface area contributed by atoms with Crippen LogP contribution in [0.3, 0.4) is 0 Å². The number of hydrogen-bond donors (Lipinski definition) is 1. The third-order valence-corrected chi connectivity index (χ3v) is 3.88. The molecule has 1 rings (SSSR count). The molecule has 0 unspecified atom stereocenters. The molecule has 13 heavy (non-hydrogen) atoms. The highest BCUT2D eigenvalue weighted by molar-refractivity contribution is 7.91. The van der Waals surface area contributed by atoms with Crippen LogP contribution in [0.25, 0.3) is 0 Å². The summed E-state index contributed by atoms with van der Waals surface area (Å²) in [5.41, 5.74) is 0. The second-order valence-corrected chi connectivity index (χ2v) is 5.44. The molecule has 76 valence electrons. The van der Waals surface area contributed by atoms with E-state index in [0.29, 0.717) is 0 Å². The number of alkyl halides is 1. The first-order valence-electron chi connectivity index (χ1n) is 3.97. The molecule has 2 atom stereocenters. The van der Waals surface area contributed by atoms with Crippen molar-refractivity contribution >= 4 is 15.8 Å². The molecule has 0 radical (unpaired) electrons. The molecule has 1 heterocycles. The molecule has 0 bridgehead atoms. The van der Waals surface area contributed by atoms with Crippen LogP contribution in [-0.4, -0.2) is 37.2 Å². The molecule has 6 heteroatoms. The molecule has 0 aromatic rings. The summed E-state index contributed by atoms with van der Waals surface area (Å²) in [6, 6.07) is 0. The predicted octanol–water partition coefficient (Wildman–Crippen LogP) is 0.234. The lowest BCUT2D eigenvalue weighted by Gasteiger charge is -2.07. The molecular weight excluding hydrogens is 199 g/mol. The number of hydrogen-bond acceptors (Lipinski definition) is 3. The number of aliphatic carboxylic acids is 1. The third kappa shape index (κ3) is 2.95. The van der Waals surface area contributed by atoms with Crippen LogP contribution in [-0.2, 0) is 14.6 Å². The zero-order valence-corrected chi connectivity index (χ0v) is 7.76. The SMILES string of the molecule is O=C(O)CC[C@@H]1CS(=O)(=O)C[C@H]1F. The van der Waals surface area contributed by atoms with Gasteiger partial charge in [0.2, 0.25) is 0 Å². The van der Waals surface area contributed by atoms with Crippen LogP contribution in [0.4, 0.5) is 4.39 Å². The Morgan fingerprint density at radius 3 is 2.46 bits per heavy atom. The summed E-state index contributed by atoms with van der Waals surface area (Å²) in [4.78, 5) is 10.2. The molecule has 1 N–H and O–H groups in total. The second kappa shape index (κ2) is 3.61. The maximum absolute atomic E-state index is 13.0. The number of sulfone groups is 1. The average Bonchev–Trinajstić information content (AvgIpc) is 2.20. The van der Waals surface area contributed by atoms with Crippen LogP contribution in [0.15, 0.2) is 0 Å². The van der Waals surface area contributed by atoms with Crippen LogP contribution in [0.1, 0.15) is 12.8 Å². The summed E-state index contributed by atoms with van der Waals surface area (Å²) in [5, 5.41) is 8.32. The summed E-state index contributed by atoms with van der Waals surface area (Å²) in [5.74, 6) is -2.30. The van der Waals surface area contributed by atoms with Gasteiger partial charge in [0.25, 0.3) is 0 Å². The Morgan fingerprint density at radius 2 is 2.08 bits per heavy atom. The van der Waals surface area contributed by atoms with Crippen LogP contribution in [0.2, 0.25) is 0 Å². The van der Waals surface area contributed by atoms with E-state index in [1.165, 1.54) is 0 Å². The van der Waals surface area contributed by atoms with Gasteiger partial charge in [-0.25, -0.2) is 12.8 Å². The molecule has 1 fully saturated rings. The minimum atomic E-state index is -3.26. The van der Waals surface area contributed by atoms with E-state index in [1.807, 2.05) is 0 Å². The third-order valence-electron chi connectivity index (χ3n) is 2.12. The normalized spacial score (nSPS) is 31.8. The van der Waals surface area contributed by atoms with Crippen molar-refractivity contribution in [1.29, 1.82) is 0 Å². The summed E-state index contributed by atoms with van der Waals surface area (Å²) >= 11 is 0. The largest absolute Gasteiger partial charge is 0.481 e. The first kappa shape index (κ1) is 10.4. The van der Waals surface area contributed by atoms with Crippen molar-refractivity contribution in [3.63, 3.8) is 0 Å². The van der Waals surface area contributed by atoms with Gasteiger partial charge in [-0.1, -0.05) is 0 Å². The fraction of sp³-hybridized carbons (Fsp3) is 0.857. The molecule has 4 nitrogen and oxygen atoms in total. The van der Waals surface area contributed by atoms with Gasteiger partial charge in [0.1, 0.15) is 6.17 Å². The Balaban J connectivity index is 2.49. The summed E-state index contributed by atoms with van der Waals surface area (Å²) in [7, 11) is -3.26. The number of rotatable bonds is 3. The molecule has 1 aliphatic heterocycles. The Kier molecular flexibility index (Phi) is 2.90. The van der Waals surface area contributed by atoms with Crippen molar-refractivity contribution in [3.8, 4) is 0 Å². The number of carboxylic acids is 1. The van der Waals surface area contributed by atoms with Gasteiger partial charge >= 0.3 is 5.97 Å². The topological polar surface area (TPSA) is 71.4 Å². The van der Waals surface area contributed by atoms with Gasteiger partial charge in [0, 0.05) is 12.3 Å². The van der Waals surface area contributed by atoms with Crippen molar-refractivity contribution in [1.82, 2.24) is 0 Å². The maximum atomic E-state index is 13.0. The van der Waals surface area contributed by atoms with E-state index in [-0.39, 0.29) is 18.6 Å². The lowest BCUT2D eigenvalue weighted by Crippen LogP contribution is -2.14. The van der Waals surface area contributed by atoms with Crippen LogP contribution >= 0.6 is 0 Å². The van der Waals surface area contributed by atoms with Gasteiger partial charge < -0.3 is 5.11 Å². The van der Waals surface area contributed by atoms with Gasteiger partial charge in [0.05, 0.1) is 11.5 Å². The van der Waals surface area contributed by atoms with Crippen molar-refractivity contribution < 1.29 is 22.7 Å². The fourth-order valence-corrected chi connectivity index (χ4v) is 3.37. The molecule has 0 saturated carbocycles. The van der Waals surface area contributed by atoms with Gasteiger partial charge in [-0.3, -0.25) is 4.79 Å². The van der Waals surface area contributed by atoms with Gasteiger partial charge in [-0.15, -0.1) is 0 Å². The van der Waals surface area contributed by atoms with Gasteiger partial charge in [0.15, 0.2) is 9.84 Å². The Labute approximate surface area is 75.7 Å². The number of carboxylic acid groups (broad SMARTS) is 1. The molecule has 0 aromatic heterocycles. The van der Waals surface area contributed by atoms with Crippen molar-refractivity contribution in [3.05, 3.63) is 0 Å². The standard InChI is InChI=1S/C7H11FO4S/c8-6-4-13(11,12)3-5(6)1-2-7(9)10/h5-6H,1-4H2,(H,9,10)/t5-,6-/m1/s1. The first-order valence-corrected chi connectivity index (χ1v) is 5.79. The smallest absolute Gasteiger partial charge is 0.303 e. The Morgan fingerprint density at radius 1 is 1.46 bits per heavy atom. The summed E-state index contributed by atoms with van der Waals surface area (Å²) in [6.45, 7) is 0. The second-order valence-electron chi connectivity index (χ2n) is 3.29. The minimum absolute atomic E-state index is 0.107. The zero-order chi connectivity index (χ0) is 10.1. The van der Waals surface area contributed by atoms with Crippen LogP contribution < -0.4 is 0 Å². The van der Waals surface area contributed by atoms with Crippen molar-refractivity contribution in [2.75, 3.05) is 11.5 Å². The fourth-order valence-electron chi connectivity index (χ4n) is 1.45. The monoisotopic (exact) mass is 210 g/mol. The van der Waals surface area contributed by atoms with E-state index < -0.39 is 33.6 Å². The quantitative estimate of drug-likeness (QED) is 0.724. The van der Waals surface area contributed by atoms with Crippen LogP contribution in [0, 0.1) is 5.92 Å². The molecule has 1 saturated heterocycles. The zero-order valence-electron chi connectivity index (χ0n) is 6.94. The van der Waals surface area contributed by atoms with E-state index in [2.05, 4.69) is 0 Å². The lowest BCUT2D eigenvalue weighted by molar-refractivity contribution is -0.137. The number of halogens is 1. The predicted molar refractivity (Wildman–Crippen MR) is 43.9 cm³/mol. The highest BCUT2D eigenvalue weighted by Crippen LogP contribution is 2.25. The van der Waals surface area contributed by atoms with E-state index in [1.54, 1.807) is 0 Å². The van der Waals surface area contributed by atoms with Crippen molar-refractivity contribution in [2.24, 2.45) is 5.92 Å². The van der Waals surface area contributed by atoms with E-state index in [9.17, 15) is 17.6 Å².